The molecule has 2 aromatic rings. The standard InChI is InChI=1S/C14H13F2N3O2/c1-18-6-9(13(20)21)4-12(18)11-3-2-10(5-17-11)19-7-14(15,16)8-19/h2-6H,7-8H2,1H3,(H,20,21). The van der Waals surface area contributed by atoms with Crippen LogP contribution in [0.5, 0.6) is 0 Å². The number of carbonyl (C=O) groups is 1. The van der Waals surface area contributed by atoms with Crippen molar-refractivity contribution in [1.82, 2.24) is 9.55 Å². The van der Waals surface area contributed by atoms with Crippen molar-refractivity contribution < 1.29 is 18.7 Å². The molecule has 0 unspecified atom stereocenters. The van der Waals surface area contributed by atoms with Crippen molar-refractivity contribution >= 4 is 11.7 Å². The van der Waals surface area contributed by atoms with Crippen LogP contribution in [0.2, 0.25) is 0 Å². The number of alkyl halides is 2. The van der Waals surface area contributed by atoms with Gasteiger partial charge in [0.15, 0.2) is 0 Å². The Morgan fingerprint density at radius 3 is 2.57 bits per heavy atom. The second-order valence-electron chi connectivity index (χ2n) is 5.14. The van der Waals surface area contributed by atoms with Gasteiger partial charge in [-0.2, -0.15) is 0 Å². The van der Waals surface area contributed by atoms with Crippen LogP contribution in [-0.2, 0) is 7.05 Å². The number of aromatic carboxylic acids is 1. The number of carboxylic acid groups (broad SMARTS) is 1. The predicted octanol–water partition coefficient (Wildman–Crippen LogP) is 2.24. The molecule has 3 rings (SSSR count). The monoisotopic (exact) mass is 293 g/mol. The lowest BCUT2D eigenvalue weighted by Crippen LogP contribution is -2.56. The van der Waals surface area contributed by atoms with Gasteiger partial charge in [-0.3, -0.25) is 4.98 Å². The van der Waals surface area contributed by atoms with Crippen molar-refractivity contribution in [1.29, 1.82) is 0 Å². The molecule has 0 spiro atoms. The topological polar surface area (TPSA) is 58.4 Å². The first kappa shape index (κ1) is 13.5. The molecule has 2 aromatic heterocycles. The minimum Gasteiger partial charge on any atom is -0.478 e. The van der Waals surface area contributed by atoms with Crippen LogP contribution in [0.1, 0.15) is 10.4 Å². The number of aromatic nitrogens is 2. The Kier molecular flexibility index (Phi) is 2.93. The van der Waals surface area contributed by atoms with Crippen LogP contribution in [0.3, 0.4) is 0 Å². The molecule has 0 bridgehead atoms. The third-order valence-corrected chi connectivity index (χ3v) is 3.47. The Hall–Kier alpha value is -2.44. The molecule has 110 valence electrons. The van der Waals surface area contributed by atoms with Crippen molar-refractivity contribution in [2.75, 3.05) is 18.0 Å². The maximum absolute atomic E-state index is 12.8. The highest BCUT2D eigenvalue weighted by atomic mass is 19.3. The summed E-state index contributed by atoms with van der Waals surface area (Å²) in [7, 11) is 1.73. The summed E-state index contributed by atoms with van der Waals surface area (Å²) in [6.45, 7) is -0.581. The number of hydrogen-bond donors (Lipinski definition) is 1. The van der Waals surface area contributed by atoms with Gasteiger partial charge in [-0.1, -0.05) is 0 Å². The van der Waals surface area contributed by atoms with Crippen LogP contribution in [0.4, 0.5) is 14.5 Å². The molecule has 0 aliphatic carbocycles. The quantitative estimate of drug-likeness (QED) is 0.943. The molecule has 1 N–H and O–H groups in total. The SMILES string of the molecule is Cn1cc(C(=O)O)cc1-c1ccc(N2CC(F)(F)C2)cn1. The number of carboxylic acids is 1. The maximum atomic E-state index is 12.8. The normalized spacial score (nSPS) is 16.6. The van der Waals surface area contributed by atoms with Crippen LogP contribution >= 0.6 is 0 Å². The van der Waals surface area contributed by atoms with E-state index in [0.29, 0.717) is 17.1 Å². The average molecular weight is 293 g/mol. The van der Waals surface area contributed by atoms with E-state index in [4.69, 9.17) is 5.11 Å². The second kappa shape index (κ2) is 4.54. The second-order valence-corrected chi connectivity index (χ2v) is 5.14. The van der Waals surface area contributed by atoms with Gasteiger partial charge in [0, 0.05) is 13.2 Å². The molecule has 0 amide bonds. The van der Waals surface area contributed by atoms with Crippen LogP contribution < -0.4 is 4.90 Å². The molecule has 1 fully saturated rings. The molecule has 1 saturated heterocycles. The fourth-order valence-corrected chi connectivity index (χ4v) is 2.36. The molecule has 3 heterocycles. The van der Waals surface area contributed by atoms with E-state index in [1.807, 2.05) is 0 Å². The maximum Gasteiger partial charge on any atom is 0.337 e. The van der Waals surface area contributed by atoms with E-state index in [1.165, 1.54) is 18.5 Å². The molecule has 21 heavy (non-hydrogen) atoms. The number of rotatable bonds is 3. The highest BCUT2D eigenvalue weighted by Crippen LogP contribution is 2.32. The zero-order chi connectivity index (χ0) is 15.2. The molecule has 0 atom stereocenters. The van der Waals surface area contributed by atoms with Crippen LogP contribution in [0.15, 0.2) is 30.6 Å². The lowest BCUT2D eigenvalue weighted by Gasteiger charge is -2.40. The molecule has 5 nitrogen and oxygen atoms in total. The van der Waals surface area contributed by atoms with Gasteiger partial charge in [-0.15, -0.1) is 0 Å². The number of hydrogen-bond acceptors (Lipinski definition) is 3. The molecular formula is C14H13F2N3O2. The van der Waals surface area contributed by atoms with E-state index in [0.717, 1.165) is 0 Å². The Morgan fingerprint density at radius 1 is 1.38 bits per heavy atom. The summed E-state index contributed by atoms with van der Waals surface area (Å²) < 4.78 is 27.3. The van der Waals surface area contributed by atoms with Crippen molar-refractivity contribution in [2.45, 2.75) is 5.92 Å². The molecule has 0 saturated carbocycles. The van der Waals surface area contributed by atoms with E-state index in [2.05, 4.69) is 4.98 Å². The Balaban J connectivity index is 1.83. The molecule has 0 radical (unpaired) electrons. The number of pyridine rings is 1. The third-order valence-electron chi connectivity index (χ3n) is 3.47. The predicted molar refractivity (Wildman–Crippen MR) is 72.8 cm³/mol. The highest BCUT2D eigenvalue weighted by molar-refractivity contribution is 5.89. The largest absolute Gasteiger partial charge is 0.478 e. The summed E-state index contributed by atoms with van der Waals surface area (Å²) in [5.41, 5.74) is 2.08. The van der Waals surface area contributed by atoms with Gasteiger partial charge in [0.05, 0.1) is 41.9 Å². The number of anilines is 1. The molecule has 1 aliphatic heterocycles. The Labute approximate surface area is 119 Å². The van der Waals surface area contributed by atoms with Gasteiger partial charge in [-0.05, 0) is 18.2 Å². The summed E-state index contributed by atoms with van der Waals surface area (Å²) >= 11 is 0. The zero-order valence-corrected chi connectivity index (χ0v) is 11.3. The summed E-state index contributed by atoms with van der Waals surface area (Å²) in [6.07, 6.45) is 3.03. The Morgan fingerprint density at radius 2 is 2.10 bits per heavy atom. The van der Waals surface area contributed by atoms with Crippen LogP contribution in [-0.4, -0.2) is 39.6 Å². The fraction of sp³-hybridized carbons (Fsp3) is 0.286. The minimum atomic E-state index is -2.62. The molecule has 1 aliphatic rings. The van der Waals surface area contributed by atoms with Crippen molar-refractivity contribution in [2.24, 2.45) is 7.05 Å². The zero-order valence-electron chi connectivity index (χ0n) is 11.3. The van der Waals surface area contributed by atoms with Gasteiger partial charge < -0.3 is 14.6 Å². The summed E-state index contributed by atoms with van der Waals surface area (Å²) in [4.78, 5) is 16.7. The van der Waals surface area contributed by atoms with Gasteiger partial charge in [0.25, 0.3) is 5.92 Å². The van der Waals surface area contributed by atoms with Gasteiger partial charge in [-0.25, -0.2) is 13.6 Å². The van der Waals surface area contributed by atoms with E-state index < -0.39 is 11.9 Å². The molecular weight excluding hydrogens is 280 g/mol. The first-order chi connectivity index (χ1) is 9.85. The van der Waals surface area contributed by atoms with E-state index in [9.17, 15) is 13.6 Å². The summed E-state index contributed by atoms with van der Waals surface area (Å²) in [5.74, 6) is -3.62. The first-order valence-electron chi connectivity index (χ1n) is 6.35. The van der Waals surface area contributed by atoms with Crippen molar-refractivity contribution in [3.8, 4) is 11.4 Å². The first-order valence-corrected chi connectivity index (χ1v) is 6.35. The number of aryl methyl sites for hydroxylation is 1. The van der Waals surface area contributed by atoms with E-state index in [1.54, 1.807) is 28.6 Å². The fourth-order valence-electron chi connectivity index (χ4n) is 2.36. The lowest BCUT2D eigenvalue weighted by atomic mass is 10.1. The van der Waals surface area contributed by atoms with Crippen molar-refractivity contribution in [3.05, 3.63) is 36.2 Å². The highest BCUT2D eigenvalue weighted by Gasteiger charge is 2.43. The lowest BCUT2D eigenvalue weighted by molar-refractivity contribution is -0.0262. The summed E-state index contributed by atoms with van der Waals surface area (Å²) in [6, 6.07) is 4.94. The molecule has 7 heteroatoms. The number of nitrogens with zero attached hydrogens (tertiary/aromatic N) is 3. The van der Waals surface area contributed by atoms with E-state index >= 15 is 0 Å². The van der Waals surface area contributed by atoms with Crippen molar-refractivity contribution in [3.63, 3.8) is 0 Å². The molecule has 0 aromatic carbocycles. The average Bonchev–Trinajstić information content (AvgIpc) is 2.78. The Bertz CT molecular complexity index is 687. The van der Waals surface area contributed by atoms with Gasteiger partial charge in [0.2, 0.25) is 0 Å². The third kappa shape index (κ3) is 2.46. The van der Waals surface area contributed by atoms with E-state index in [-0.39, 0.29) is 18.7 Å². The minimum absolute atomic E-state index is 0.181. The van der Waals surface area contributed by atoms with Crippen LogP contribution in [0, 0.1) is 0 Å². The van der Waals surface area contributed by atoms with Crippen LogP contribution in [0.25, 0.3) is 11.4 Å². The van der Waals surface area contributed by atoms with Gasteiger partial charge >= 0.3 is 5.97 Å². The van der Waals surface area contributed by atoms with Gasteiger partial charge in [0.1, 0.15) is 0 Å². The summed E-state index contributed by atoms with van der Waals surface area (Å²) in [5, 5.41) is 8.96. The smallest absolute Gasteiger partial charge is 0.337 e. The number of halogens is 2.